The molecule has 0 amide bonds. The van der Waals surface area contributed by atoms with Crippen molar-refractivity contribution in [3.05, 3.63) is 125 Å². The Morgan fingerprint density at radius 2 is 1.62 bits per heavy atom. The van der Waals surface area contributed by atoms with Gasteiger partial charge < -0.3 is 14.5 Å². The van der Waals surface area contributed by atoms with Crippen LogP contribution in [0.4, 0.5) is 5.69 Å². The number of benzene rings is 3. The van der Waals surface area contributed by atoms with Gasteiger partial charge in [-0.25, -0.2) is 0 Å². The summed E-state index contributed by atoms with van der Waals surface area (Å²) in [5.74, 6) is 0.522. The predicted octanol–water partition coefficient (Wildman–Crippen LogP) is 6.83. The number of anilines is 1. The molecule has 5 nitrogen and oxygen atoms in total. The van der Waals surface area contributed by atoms with Crippen molar-refractivity contribution in [1.29, 1.82) is 0 Å². The molecule has 0 saturated heterocycles. The number of fused-ring (bicyclic) bond motifs is 2. The minimum Gasteiger partial charge on any atom is -0.478 e. The molecule has 0 spiro atoms. The van der Waals surface area contributed by atoms with E-state index in [2.05, 4.69) is 5.32 Å². The molecule has 182 valence electrons. The lowest BCUT2D eigenvalue weighted by atomic mass is 9.88. The van der Waals surface area contributed by atoms with Crippen LogP contribution in [0, 0.1) is 13.8 Å². The third-order valence-corrected chi connectivity index (χ3v) is 7.01. The van der Waals surface area contributed by atoms with E-state index < -0.39 is 12.1 Å². The number of aldehydes is 1. The van der Waals surface area contributed by atoms with E-state index in [1.54, 1.807) is 0 Å². The van der Waals surface area contributed by atoms with E-state index in [0.29, 0.717) is 17.0 Å². The normalized spacial score (nSPS) is 16.5. The molecule has 0 unspecified atom stereocenters. The second-order valence-corrected chi connectivity index (χ2v) is 9.50. The Kier molecular flexibility index (Phi) is 5.61. The zero-order valence-corrected chi connectivity index (χ0v) is 20.6. The van der Waals surface area contributed by atoms with E-state index in [-0.39, 0.29) is 5.78 Å². The lowest BCUT2D eigenvalue weighted by molar-refractivity contribution is 0.0746. The van der Waals surface area contributed by atoms with Crippen molar-refractivity contribution < 1.29 is 14.3 Å². The van der Waals surface area contributed by atoms with Gasteiger partial charge in [-0.05, 0) is 49.2 Å². The Labute approximate surface area is 215 Å². The summed E-state index contributed by atoms with van der Waals surface area (Å²) in [6, 6.07) is 28.6. The van der Waals surface area contributed by atoms with Crippen molar-refractivity contribution in [2.45, 2.75) is 26.0 Å². The number of carbonyl (C=O) groups is 2. The molecule has 1 aliphatic heterocycles. The number of nitrogens with one attached hydrogen (secondary N) is 1. The molecule has 1 aliphatic rings. The summed E-state index contributed by atoms with van der Waals surface area (Å²) in [6.45, 7) is 3.99. The van der Waals surface area contributed by atoms with Crippen LogP contribution in [0.2, 0.25) is 0 Å². The fraction of sp³-hybridized carbons (Fsp3) is 0.125. The number of ether oxygens (including phenoxy) is 1. The Balaban J connectivity index is 1.61. The first-order valence-corrected chi connectivity index (χ1v) is 12.3. The summed E-state index contributed by atoms with van der Waals surface area (Å²) in [5.41, 5.74) is 7.45. The number of aryl methyl sites for hydroxylation is 2. The van der Waals surface area contributed by atoms with Crippen molar-refractivity contribution in [2.75, 3.05) is 5.32 Å². The Morgan fingerprint density at radius 3 is 2.38 bits per heavy atom. The molecule has 2 aromatic heterocycles. The Bertz CT molecular complexity index is 1630. The largest absolute Gasteiger partial charge is 0.478 e. The molecule has 0 fully saturated rings. The third kappa shape index (κ3) is 3.89. The smallest absolute Gasteiger partial charge is 0.205 e. The number of aromatic nitrogens is 1. The van der Waals surface area contributed by atoms with Gasteiger partial charge in [0.1, 0.15) is 5.75 Å². The van der Waals surface area contributed by atoms with Crippen LogP contribution in [0.15, 0.2) is 97.2 Å². The van der Waals surface area contributed by atoms with Crippen molar-refractivity contribution in [2.24, 2.45) is 0 Å². The van der Waals surface area contributed by atoms with Crippen molar-refractivity contribution >= 4 is 23.3 Å². The SMILES string of the molecule is Cc1ccc(C(=O)[C@@H]2Oc3cc(C)ccc3N[C@H]2c2c(-c3ccccc3)c(C=O)n3ccccc23)cc1. The molecule has 0 aliphatic carbocycles. The second-order valence-electron chi connectivity index (χ2n) is 9.50. The number of nitrogens with zero attached hydrogens (tertiary/aromatic N) is 1. The van der Waals surface area contributed by atoms with Gasteiger partial charge in [-0.15, -0.1) is 0 Å². The number of Topliss-reactive ketones (excluding diaryl/α,β-unsaturated/α-hetero) is 1. The van der Waals surface area contributed by atoms with E-state index >= 15 is 0 Å². The molecule has 3 heterocycles. The fourth-order valence-corrected chi connectivity index (χ4v) is 5.20. The van der Waals surface area contributed by atoms with E-state index in [1.165, 1.54) is 0 Å². The van der Waals surface area contributed by atoms with Gasteiger partial charge in [-0.1, -0.05) is 72.3 Å². The van der Waals surface area contributed by atoms with Gasteiger partial charge in [0.15, 0.2) is 12.4 Å². The number of ketones is 1. The number of hydrogen-bond acceptors (Lipinski definition) is 4. The molecular formula is C32H26N2O3. The summed E-state index contributed by atoms with van der Waals surface area (Å²) >= 11 is 0. The van der Waals surface area contributed by atoms with Crippen LogP contribution in [0.1, 0.15) is 43.6 Å². The van der Waals surface area contributed by atoms with Crippen LogP contribution in [0.25, 0.3) is 16.6 Å². The van der Waals surface area contributed by atoms with Crippen LogP contribution in [0.3, 0.4) is 0 Å². The Hall–Kier alpha value is -4.64. The lowest BCUT2D eigenvalue weighted by Crippen LogP contribution is -2.41. The monoisotopic (exact) mass is 486 g/mol. The van der Waals surface area contributed by atoms with E-state index in [0.717, 1.165) is 45.3 Å². The molecular weight excluding hydrogens is 460 g/mol. The first-order valence-electron chi connectivity index (χ1n) is 12.3. The van der Waals surface area contributed by atoms with E-state index in [4.69, 9.17) is 4.74 Å². The molecule has 0 bridgehead atoms. The molecule has 0 saturated carbocycles. The van der Waals surface area contributed by atoms with Gasteiger partial charge in [-0.3, -0.25) is 9.59 Å². The van der Waals surface area contributed by atoms with Crippen LogP contribution >= 0.6 is 0 Å². The Morgan fingerprint density at radius 1 is 0.892 bits per heavy atom. The van der Waals surface area contributed by atoms with Crippen LogP contribution < -0.4 is 10.1 Å². The number of rotatable bonds is 5. The zero-order chi connectivity index (χ0) is 25.5. The van der Waals surface area contributed by atoms with E-state index in [9.17, 15) is 9.59 Å². The summed E-state index contributed by atoms with van der Waals surface area (Å²) in [4.78, 5) is 26.5. The highest BCUT2D eigenvalue weighted by Crippen LogP contribution is 2.44. The highest BCUT2D eigenvalue weighted by atomic mass is 16.5. The van der Waals surface area contributed by atoms with Crippen LogP contribution in [-0.4, -0.2) is 22.6 Å². The second kappa shape index (κ2) is 9.10. The van der Waals surface area contributed by atoms with Gasteiger partial charge in [-0.2, -0.15) is 0 Å². The molecule has 2 atom stereocenters. The molecule has 5 heteroatoms. The molecule has 3 aromatic carbocycles. The van der Waals surface area contributed by atoms with Gasteiger partial charge in [0.05, 0.1) is 22.9 Å². The van der Waals surface area contributed by atoms with Crippen LogP contribution in [-0.2, 0) is 0 Å². The quantitative estimate of drug-likeness (QED) is 0.218. The predicted molar refractivity (Wildman–Crippen MR) is 146 cm³/mol. The van der Waals surface area contributed by atoms with Gasteiger partial charge >= 0.3 is 0 Å². The minimum absolute atomic E-state index is 0.119. The first kappa shape index (κ1) is 22.8. The van der Waals surface area contributed by atoms with Gasteiger partial charge in [0.25, 0.3) is 0 Å². The standard InChI is InChI=1S/C32H26N2O3/c1-20-11-14-23(15-12-20)31(36)32-30(33-24-16-13-21(2)18-27(24)37-32)29-25-10-6-7-17-34(25)26(19-35)28(29)22-8-4-3-5-9-22/h3-19,30,32-33H,1-2H3/t30-,32+/m0/s1. The molecule has 5 aromatic rings. The summed E-state index contributed by atoms with van der Waals surface area (Å²) in [7, 11) is 0. The maximum atomic E-state index is 14.0. The van der Waals surface area contributed by atoms with Crippen molar-refractivity contribution in [3.8, 4) is 16.9 Å². The number of carbonyl (C=O) groups excluding carboxylic acids is 2. The minimum atomic E-state index is -0.842. The van der Waals surface area contributed by atoms with Crippen LogP contribution in [0.5, 0.6) is 5.75 Å². The summed E-state index contributed by atoms with van der Waals surface area (Å²) in [5, 5.41) is 3.62. The molecule has 1 N–H and O–H groups in total. The summed E-state index contributed by atoms with van der Waals surface area (Å²) < 4.78 is 8.39. The maximum Gasteiger partial charge on any atom is 0.205 e. The average Bonchev–Trinajstić information content (AvgIpc) is 3.27. The highest BCUT2D eigenvalue weighted by molar-refractivity contribution is 6.02. The third-order valence-electron chi connectivity index (χ3n) is 7.01. The van der Waals surface area contributed by atoms with Crippen molar-refractivity contribution in [3.63, 3.8) is 0 Å². The highest BCUT2D eigenvalue weighted by Gasteiger charge is 2.40. The first-order chi connectivity index (χ1) is 18.0. The fourth-order valence-electron chi connectivity index (χ4n) is 5.20. The topological polar surface area (TPSA) is 59.8 Å². The van der Waals surface area contributed by atoms with Gasteiger partial charge in [0, 0.05) is 22.9 Å². The number of pyridine rings is 1. The lowest BCUT2D eigenvalue weighted by Gasteiger charge is -2.35. The van der Waals surface area contributed by atoms with Crippen molar-refractivity contribution in [1.82, 2.24) is 4.40 Å². The average molecular weight is 487 g/mol. The summed E-state index contributed by atoms with van der Waals surface area (Å²) in [6.07, 6.45) is 1.93. The number of hydrogen-bond donors (Lipinski definition) is 1. The van der Waals surface area contributed by atoms with E-state index in [1.807, 2.05) is 115 Å². The molecule has 37 heavy (non-hydrogen) atoms. The molecule has 6 rings (SSSR count). The molecule has 0 radical (unpaired) electrons. The zero-order valence-electron chi connectivity index (χ0n) is 20.6. The van der Waals surface area contributed by atoms with Gasteiger partial charge in [0.2, 0.25) is 5.78 Å². The maximum absolute atomic E-state index is 14.0.